The van der Waals surface area contributed by atoms with Crippen LogP contribution >= 0.6 is 0 Å². The predicted octanol–water partition coefficient (Wildman–Crippen LogP) is 2.81. The Balaban J connectivity index is 1.88. The van der Waals surface area contributed by atoms with E-state index in [4.69, 9.17) is 4.42 Å². The van der Waals surface area contributed by atoms with Crippen molar-refractivity contribution in [2.75, 3.05) is 13.1 Å². The van der Waals surface area contributed by atoms with Crippen molar-refractivity contribution in [3.63, 3.8) is 0 Å². The van der Waals surface area contributed by atoms with Gasteiger partial charge in [0.15, 0.2) is 5.58 Å². The lowest BCUT2D eigenvalue weighted by Gasteiger charge is -2.17. The molecule has 0 unspecified atom stereocenters. The molecule has 0 bridgehead atoms. The Morgan fingerprint density at radius 1 is 1.09 bits per heavy atom. The molecule has 0 saturated carbocycles. The van der Waals surface area contributed by atoms with E-state index in [1.54, 1.807) is 12.3 Å². The van der Waals surface area contributed by atoms with Crippen LogP contribution in [0.15, 0.2) is 26.4 Å². The molecule has 23 heavy (non-hydrogen) atoms. The van der Waals surface area contributed by atoms with E-state index in [2.05, 4.69) is 5.10 Å². The van der Waals surface area contributed by atoms with Crippen molar-refractivity contribution < 1.29 is 9.52 Å². The predicted molar refractivity (Wildman–Crippen MR) is 89.2 cm³/mol. The Bertz CT molecular complexity index is 832. The van der Waals surface area contributed by atoms with Gasteiger partial charge in [-0.1, -0.05) is 0 Å². The molecular weight excluding hydrogens is 292 g/mol. The quantitative estimate of drug-likeness (QED) is 0.684. The topological polar surface area (TPSA) is 66.0 Å². The molecule has 2 aromatic rings. The average molecular weight is 312 g/mol. The van der Waals surface area contributed by atoms with Crippen molar-refractivity contribution in [1.82, 2.24) is 5.01 Å². The minimum absolute atomic E-state index is 0.0966. The lowest BCUT2D eigenvalue weighted by Crippen LogP contribution is -2.16. The van der Waals surface area contributed by atoms with Gasteiger partial charge in [0.25, 0.3) is 0 Å². The number of aromatic hydroxyl groups is 1. The summed E-state index contributed by atoms with van der Waals surface area (Å²) >= 11 is 0. The molecule has 2 heterocycles. The van der Waals surface area contributed by atoms with Crippen molar-refractivity contribution in [3.8, 4) is 5.75 Å². The van der Waals surface area contributed by atoms with Crippen molar-refractivity contribution in [2.24, 2.45) is 5.10 Å². The van der Waals surface area contributed by atoms with Gasteiger partial charge in [0.1, 0.15) is 5.75 Å². The molecular formula is C18H20N2O3. The first kappa shape index (κ1) is 14.3. The van der Waals surface area contributed by atoms with Gasteiger partial charge < -0.3 is 9.52 Å². The number of rotatable bonds is 2. The van der Waals surface area contributed by atoms with Crippen molar-refractivity contribution in [1.29, 1.82) is 0 Å². The third-order valence-electron chi connectivity index (χ3n) is 4.84. The second kappa shape index (κ2) is 5.72. The summed E-state index contributed by atoms with van der Waals surface area (Å²) in [7, 11) is 0. The van der Waals surface area contributed by atoms with E-state index in [0.29, 0.717) is 11.1 Å². The molecule has 1 aliphatic carbocycles. The molecule has 0 amide bonds. The summed E-state index contributed by atoms with van der Waals surface area (Å²) in [5, 5.41) is 17.5. The summed E-state index contributed by atoms with van der Waals surface area (Å²) in [6, 6.07) is 3.52. The van der Waals surface area contributed by atoms with Crippen LogP contribution in [0.5, 0.6) is 5.75 Å². The summed E-state index contributed by atoms with van der Waals surface area (Å²) in [5.41, 5.74) is 2.57. The van der Waals surface area contributed by atoms with E-state index in [-0.39, 0.29) is 11.4 Å². The highest BCUT2D eigenvalue weighted by Crippen LogP contribution is 2.31. The molecule has 1 aromatic heterocycles. The van der Waals surface area contributed by atoms with Gasteiger partial charge in [-0.2, -0.15) is 5.10 Å². The molecule has 1 aliphatic heterocycles. The zero-order valence-corrected chi connectivity index (χ0v) is 13.0. The minimum atomic E-state index is -0.270. The Morgan fingerprint density at radius 3 is 2.61 bits per heavy atom. The number of hydrazone groups is 1. The van der Waals surface area contributed by atoms with Gasteiger partial charge in [-0.15, -0.1) is 0 Å². The third kappa shape index (κ3) is 2.50. The Hall–Kier alpha value is -2.30. The fourth-order valence-corrected chi connectivity index (χ4v) is 3.60. The lowest BCUT2D eigenvalue weighted by atomic mass is 9.90. The highest BCUT2D eigenvalue weighted by Gasteiger charge is 2.20. The van der Waals surface area contributed by atoms with Crippen LogP contribution in [0.4, 0.5) is 0 Å². The number of fused-ring (bicyclic) bond motifs is 3. The summed E-state index contributed by atoms with van der Waals surface area (Å²) in [4.78, 5) is 12.3. The monoisotopic (exact) mass is 312 g/mol. The van der Waals surface area contributed by atoms with Gasteiger partial charge in [-0.25, -0.2) is 4.79 Å². The molecule has 4 rings (SSSR count). The number of phenols is 1. The zero-order valence-electron chi connectivity index (χ0n) is 13.0. The standard InChI is InChI=1S/C18H20N2O3/c21-16-8-7-13-12-5-1-2-6-14(12)18(22)23-17(13)15(16)11-19-20-9-3-4-10-20/h7-8,11,21H,1-6,9-10H2/b19-11+. The Kier molecular flexibility index (Phi) is 3.56. The minimum Gasteiger partial charge on any atom is -0.507 e. The van der Waals surface area contributed by atoms with Crippen molar-refractivity contribution >= 4 is 17.2 Å². The molecule has 1 N–H and O–H groups in total. The molecule has 0 radical (unpaired) electrons. The van der Waals surface area contributed by atoms with Crippen LogP contribution in [0, 0.1) is 0 Å². The number of nitrogens with zero attached hydrogens (tertiary/aromatic N) is 2. The van der Waals surface area contributed by atoms with Crippen LogP contribution < -0.4 is 5.63 Å². The Morgan fingerprint density at radius 2 is 1.83 bits per heavy atom. The van der Waals surface area contributed by atoms with E-state index in [1.165, 1.54) is 0 Å². The van der Waals surface area contributed by atoms with Gasteiger partial charge in [0.05, 0.1) is 11.8 Å². The van der Waals surface area contributed by atoms with Gasteiger partial charge in [0, 0.05) is 24.0 Å². The Labute approximate surface area is 134 Å². The average Bonchev–Trinajstić information content (AvgIpc) is 3.08. The zero-order chi connectivity index (χ0) is 15.8. The molecule has 2 aliphatic rings. The normalized spacial score (nSPS) is 18.0. The molecule has 5 nitrogen and oxygen atoms in total. The second-order valence-corrected chi connectivity index (χ2v) is 6.33. The highest BCUT2D eigenvalue weighted by molar-refractivity contribution is 6.00. The maximum Gasteiger partial charge on any atom is 0.339 e. The fraction of sp³-hybridized carbons (Fsp3) is 0.444. The first-order valence-electron chi connectivity index (χ1n) is 8.33. The molecule has 1 saturated heterocycles. The van der Waals surface area contributed by atoms with Crippen LogP contribution in [0.2, 0.25) is 0 Å². The summed E-state index contributed by atoms with van der Waals surface area (Å²) < 4.78 is 5.56. The maximum absolute atomic E-state index is 12.3. The van der Waals surface area contributed by atoms with E-state index in [0.717, 1.165) is 68.1 Å². The fourth-order valence-electron chi connectivity index (χ4n) is 3.60. The van der Waals surface area contributed by atoms with Gasteiger partial charge >= 0.3 is 5.63 Å². The maximum atomic E-state index is 12.3. The molecule has 0 atom stereocenters. The third-order valence-corrected chi connectivity index (χ3v) is 4.84. The molecule has 1 aromatic carbocycles. The van der Waals surface area contributed by atoms with E-state index in [9.17, 15) is 9.90 Å². The summed E-state index contributed by atoms with van der Waals surface area (Å²) in [5.74, 6) is 0.0966. The number of hydrogen-bond donors (Lipinski definition) is 1. The van der Waals surface area contributed by atoms with Gasteiger partial charge in [-0.05, 0) is 56.2 Å². The van der Waals surface area contributed by atoms with Crippen LogP contribution in [0.3, 0.4) is 0 Å². The van der Waals surface area contributed by atoms with Crippen molar-refractivity contribution in [3.05, 3.63) is 39.2 Å². The molecule has 0 spiro atoms. The highest BCUT2D eigenvalue weighted by atomic mass is 16.4. The number of hydrogen-bond acceptors (Lipinski definition) is 5. The first-order valence-corrected chi connectivity index (χ1v) is 8.33. The van der Waals surface area contributed by atoms with E-state index < -0.39 is 0 Å². The summed E-state index contributed by atoms with van der Waals surface area (Å²) in [6.45, 7) is 1.86. The number of aryl methyl sites for hydroxylation is 1. The molecule has 1 fully saturated rings. The largest absolute Gasteiger partial charge is 0.507 e. The van der Waals surface area contributed by atoms with Crippen molar-refractivity contribution in [2.45, 2.75) is 38.5 Å². The van der Waals surface area contributed by atoms with Crippen LogP contribution in [0.25, 0.3) is 11.0 Å². The van der Waals surface area contributed by atoms with Crippen LogP contribution in [-0.4, -0.2) is 29.4 Å². The van der Waals surface area contributed by atoms with Crippen LogP contribution in [0.1, 0.15) is 42.4 Å². The SMILES string of the molecule is O=c1oc2c(/C=N/N3CCCC3)c(O)ccc2c2c1CCCC2. The summed E-state index contributed by atoms with van der Waals surface area (Å²) in [6.07, 6.45) is 7.70. The number of benzene rings is 1. The van der Waals surface area contributed by atoms with Gasteiger partial charge in [-0.3, -0.25) is 5.01 Å². The number of phenolic OH excluding ortho intramolecular Hbond substituents is 1. The molecule has 5 heteroatoms. The lowest BCUT2D eigenvalue weighted by molar-refractivity contribution is 0.362. The smallest absolute Gasteiger partial charge is 0.339 e. The second-order valence-electron chi connectivity index (χ2n) is 6.33. The van der Waals surface area contributed by atoms with Crippen LogP contribution in [-0.2, 0) is 12.8 Å². The molecule has 120 valence electrons. The van der Waals surface area contributed by atoms with E-state index in [1.807, 2.05) is 11.1 Å². The van der Waals surface area contributed by atoms with E-state index >= 15 is 0 Å². The first-order chi connectivity index (χ1) is 11.2. The van der Waals surface area contributed by atoms with Gasteiger partial charge in [0.2, 0.25) is 0 Å².